The molecule has 31 heavy (non-hydrogen) atoms. The van der Waals surface area contributed by atoms with Crippen LogP contribution in [0.25, 0.3) is 0 Å². The Labute approximate surface area is 190 Å². The summed E-state index contributed by atoms with van der Waals surface area (Å²) in [7, 11) is -7.88. The van der Waals surface area contributed by atoms with Gasteiger partial charge >= 0.3 is 0 Å². The van der Waals surface area contributed by atoms with Crippen molar-refractivity contribution in [3.05, 3.63) is 29.8 Å². The van der Waals surface area contributed by atoms with Gasteiger partial charge in [-0.1, -0.05) is 31.5 Å². The molecule has 2 atom stereocenters. The molecule has 1 amide bonds. The van der Waals surface area contributed by atoms with Crippen molar-refractivity contribution in [1.29, 1.82) is 0 Å². The van der Waals surface area contributed by atoms with Crippen LogP contribution in [-0.2, 0) is 25.0 Å². The number of carbonyl (C=O) groups excluding carboxylic acids is 1. The second-order valence-electron chi connectivity index (χ2n) is 8.59. The number of thiol groups is 1. The SMILES string of the molecule is Cc1ccc(S(=O)(=O)N(CC(C)C)NC(=O)[C@@H]2C[C@@H](S)CN2S(=O)(=O)NC2CC2)cc1. The Morgan fingerprint density at radius 2 is 1.81 bits per heavy atom. The number of hydrazine groups is 1. The molecule has 0 radical (unpaired) electrons. The second kappa shape index (κ2) is 9.36. The molecule has 1 aromatic carbocycles. The smallest absolute Gasteiger partial charge is 0.274 e. The molecular weight excluding hydrogens is 460 g/mol. The molecule has 0 spiro atoms. The van der Waals surface area contributed by atoms with Crippen molar-refractivity contribution in [1.82, 2.24) is 18.9 Å². The fraction of sp³-hybridized carbons (Fsp3) is 0.632. The monoisotopic (exact) mass is 490 g/mol. The van der Waals surface area contributed by atoms with Crippen LogP contribution in [0.2, 0.25) is 0 Å². The Balaban J connectivity index is 1.83. The molecule has 0 aromatic heterocycles. The van der Waals surface area contributed by atoms with E-state index in [4.69, 9.17) is 0 Å². The fourth-order valence-electron chi connectivity index (χ4n) is 3.34. The molecule has 2 N–H and O–H groups in total. The highest BCUT2D eigenvalue weighted by atomic mass is 32.2. The highest BCUT2D eigenvalue weighted by Crippen LogP contribution is 2.28. The first kappa shape index (κ1) is 24.5. The number of rotatable bonds is 9. The lowest BCUT2D eigenvalue weighted by Crippen LogP contribution is -2.55. The lowest BCUT2D eigenvalue weighted by Gasteiger charge is -2.28. The van der Waals surface area contributed by atoms with Crippen molar-refractivity contribution in [2.45, 2.75) is 62.3 Å². The minimum Gasteiger partial charge on any atom is -0.274 e. The first-order valence-electron chi connectivity index (χ1n) is 10.3. The summed E-state index contributed by atoms with van der Waals surface area (Å²) in [5.74, 6) is -0.757. The van der Waals surface area contributed by atoms with Gasteiger partial charge in [-0.3, -0.25) is 10.2 Å². The molecule has 0 bridgehead atoms. The number of nitrogens with one attached hydrogen (secondary N) is 2. The molecule has 1 aliphatic carbocycles. The molecule has 174 valence electrons. The highest BCUT2D eigenvalue weighted by molar-refractivity contribution is 7.89. The number of carbonyl (C=O) groups is 1. The second-order valence-corrected chi connectivity index (χ2v) is 12.8. The molecule has 2 fully saturated rings. The van der Waals surface area contributed by atoms with E-state index in [0.29, 0.717) is 0 Å². The fourth-order valence-corrected chi connectivity index (χ4v) is 6.95. The van der Waals surface area contributed by atoms with E-state index in [1.54, 1.807) is 12.1 Å². The minimum absolute atomic E-state index is 0.0477. The molecule has 1 saturated carbocycles. The average Bonchev–Trinajstić information content (AvgIpc) is 3.37. The lowest BCUT2D eigenvalue weighted by molar-refractivity contribution is -0.127. The van der Waals surface area contributed by atoms with Gasteiger partial charge in [-0.15, -0.1) is 4.41 Å². The van der Waals surface area contributed by atoms with E-state index < -0.39 is 32.2 Å². The predicted molar refractivity (Wildman–Crippen MR) is 121 cm³/mol. The Morgan fingerprint density at radius 1 is 1.19 bits per heavy atom. The Bertz CT molecular complexity index is 1010. The van der Waals surface area contributed by atoms with Crippen LogP contribution in [0.3, 0.4) is 0 Å². The maximum absolute atomic E-state index is 13.2. The maximum Gasteiger partial charge on any atom is 0.280 e. The van der Waals surface area contributed by atoms with Crippen molar-refractivity contribution in [3.63, 3.8) is 0 Å². The van der Waals surface area contributed by atoms with E-state index >= 15 is 0 Å². The number of amides is 1. The molecule has 1 heterocycles. The van der Waals surface area contributed by atoms with Crippen LogP contribution in [-0.4, -0.2) is 61.9 Å². The average molecular weight is 491 g/mol. The van der Waals surface area contributed by atoms with Crippen LogP contribution < -0.4 is 10.1 Å². The molecule has 12 heteroatoms. The van der Waals surface area contributed by atoms with Gasteiger partial charge in [0.05, 0.1) is 4.90 Å². The first-order chi connectivity index (χ1) is 14.4. The van der Waals surface area contributed by atoms with Gasteiger partial charge in [-0.25, -0.2) is 8.42 Å². The third kappa shape index (κ3) is 5.99. The lowest BCUT2D eigenvalue weighted by atomic mass is 10.2. The van der Waals surface area contributed by atoms with Crippen LogP contribution in [0.4, 0.5) is 0 Å². The Kier molecular flexibility index (Phi) is 7.38. The Hall–Kier alpha value is -1.18. The normalized spacial score (nSPS) is 22.9. The summed E-state index contributed by atoms with van der Waals surface area (Å²) in [4.78, 5) is 13.1. The van der Waals surface area contributed by atoms with Crippen molar-refractivity contribution < 1.29 is 21.6 Å². The molecule has 3 rings (SSSR count). The summed E-state index contributed by atoms with van der Waals surface area (Å²) < 4.78 is 56.4. The standard InChI is InChI=1S/C19H30N4O5S3/c1-13(2)11-23(30(25,26)17-8-4-14(3)5-9-17)20-19(24)18-10-16(29)12-22(18)31(27,28)21-15-6-7-15/h4-5,8-9,13,15-16,18,21,29H,6-7,10-12H2,1-3H3,(H,20,24)/t16-,18+/m1/s1. The van der Waals surface area contributed by atoms with Crippen LogP contribution >= 0.6 is 12.6 Å². The molecular formula is C19H30N4O5S3. The first-order valence-corrected chi connectivity index (χ1v) is 13.7. The summed E-state index contributed by atoms with van der Waals surface area (Å²) in [5, 5.41) is -0.321. The van der Waals surface area contributed by atoms with Gasteiger partial charge in [0.1, 0.15) is 6.04 Å². The maximum atomic E-state index is 13.2. The van der Waals surface area contributed by atoms with Crippen molar-refractivity contribution in [2.24, 2.45) is 5.92 Å². The number of hydrogen-bond acceptors (Lipinski definition) is 6. The van der Waals surface area contributed by atoms with Crippen molar-refractivity contribution >= 4 is 38.8 Å². The van der Waals surface area contributed by atoms with Gasteiger partial charge < -0.3 is 0 Å². The summed E-state index contributed by atoms with van der Waals surface area (Å²) >= 11 is 4.37. The molecule has 1 saturated heterocycles. The number of sulfonamides is 1. The van der Waals surface area contributed by atoms with Crippen LogP contribution in [0.1, 0.15) is 38.7 Å². The third-order valence-corrected chi connectivity index (χ3v) is 8.83. The highest BCUT2D eigenvalue weighted by Gasteiger charge is 2.45. The topological polar surface area (TPSA) is 116 Å². The van der Waals surface area contributed by atoms with Gasteiger partial charge in [0, 0.05) is 24.4 Å². The summed E-state index contributed by atoms with van der Waals surface area (Å²) in [5.41, 5.74) is 3.38. The van der Waals surface area contributed by atoms with E-state index in [0.717, 1.165) is 27.1 Å². The zero-order valence-electron chi connectivity index (χ0n) is 17.9. The summed E-state index contributed by atoms with van der Waals surface area (Å²) in [6, 6.07) is 5.19. The molecule has 1 aliphatic heterocycles. The van der Waals surface area contributed by atoms with Gasteiger partial charge in [0.15, 0.2) is 0 Å². The van der Waals surface area contributed by atoms with Gasteiger partial charge in [0.2, 0.25) is 0 Å². The third-order valence-electron chi connectivity index (χ3n) is 5.11. The van der Waals surface area contributed by atoms with E-state index in [9.17, 15) is 21.6 Å². The predicted octanol–water partition coefficient (Wildman–Crippen LogP) is 1.04. The zero-order chi connectivity index (χ0) is 23.0. The van der Waals surface area contributed by atoms with Gasteiger partial charge in [-0.2, -0.15) is 30.1 Å². The summed E-state index contributed by atoms with van der Waals surface area (Å²) in [6.45, 7) is 5.64. The number of nitrogens with zero attached hydrogens (tertiary/aromatic N) is 2. The zero-order valence-corrected chi connectivity index (χ0v) is 20.4. The quantitative estimate of drug-likeness (QED) is 0.353. The molecule has 2 aliphatic rings. The van der Waals surface area contributed by atoms with Crippen LogP contribution in [0.15, 0.2) is 29.2 Å². The number of hydrogen-bond donors (Lipinski definition) is 3. The van der Waals surface area contributed by atoms with Gasteiger partial charge in [0.25, 0.3) is 26.1 Å². The van der Waals surface area contributed by atoms with E-state index in [2.05, 4.69) is 22.8 Å². The van der Waals surface area contributed by atoms with Crippen molar-refractivity contribution in [2.75, 3.05) is 13.1 Å². The molecule has 1 aromatic rings. The largest absolute Gasteiger partial charge is 0.280 e. The van der Waals surface area contributed by atoms with Crippen LogP contribution in [0.5, 0.6) is 0 Å². The minimum atomic E-state index is -4.01. The number of aryl methyl sites for hydroxylation is 1. The van der Waals surface area contributed by atoms with Crippen LogP contribution in [0, 0.1) is 12.8 Å². The number of benzene rings is 1. The van der Waals surface area contributed by atoms with E-state index in [-0.39, 0.29) is 41.6 Å². The van der Waals surface area contributed by atoms with E-state index in [1.165, 1.54) is 12.1 Å². The van der Waals surface area contributed by atoms with Crippen molar-refractivity contribution in [3.8, 4) is 0 Å². The summed E-state index contributed by atoms with van der Waals surface area (Å²) in [6.07, 6.45) is 1.73. The Morgan fingerprint density at radius 3 is 2.35 bits per heavy atom. The van der Waals surface area contributed by atoms with E-state index in [1.807, 2.05) is 20.8 Å². The van der Waals surface area contributed by atoms with Gasteiger partial charge in [-0.05, 0) is 44.2 Å². The molecule has 0 unspecified atom stereocenters. The molecule has 9 nitrogen and oxygen atoms in total.